The Morgan fingerprint density at radius 1 is 1.17 bits per heavy atom. The lowest BCUT2D eigenvalue weighted by Crippen LogP contribution is -2.49. The fraction of sp³-hybridized carbons (Fsp3) is 0.611. The summed E-state index contributed by atoms with van der Waals surface area (Å²) in [7, 11) is 0. The van der Waals surface area contributed by atoms with Crippen molar-refractivity contribution in [3.63, 3.8) is 0 Å². The maximum absolute atomic E-state index is 12.9. The Kier molecular flexibility index (Phi) is 4.95. The molecule has 1 amide bonds. The summed E-state index contributed by atoms with van der Waals surface area (Å²) in [6, 6.07) is 8.39. The van der Waals surface area contributed by atoms with Gasteiger partial charge in [-0.1, -0.05) is 24.3 Å². The van der Waals surface area contributed by atoms with E-state index < -0.39 is 0 Å². The summed E-state index contributed by atoms with van der Waals surface area (Å²) in [6.07, 6.45) is 4.18. The molecule has 3 aliphatic rings. The minimum atomic E-state index is -0.0510. The maximum Gasteiger partial charge on any atom is 0.240 e. The van der Waals surface area contributed by atoms with Crippen LogP contribution in [-0.2, 0) is 22.5 Å². The lowest BCUT2D eigenvalue weighted by molar-refractivity contribution is -0.133. The number of carbonyl (C=O) groups is 1. The highest BCUT2D eigenvalue weighted by Crippen LogP contribution is 2.40. The minimum Gasteiger partial charge on any atom is -0.381 e. The van der Waals surface area contributed by atoms with E-state index in [4.69, 9.17) is 4.74 Å². The van der Waals surface area contributed by atoms with Crippen LogP contribution in [0.5, 0.6) is 0 Å². The highest BCUT2D eigenvalue weighted by Gasteiger charge is 2.42. The van der Waals surface area contributed by atoms with E-state index in [1.165, 1.54) is 11.1 Å². The molecule has 1 spiro atoms. The van der Waals surface area contributed by atoms with Crippen molar-refractivity contribution in [2.45, 2.75) is 38.3 Å². The number of benzene rings is 1. The first-order valence-electron chi connectivity index (χ1n) is 8.43. The van der Waals surface area contributed by atoms with Gasteiger partial charge >= 0.3 is 0 Å². The van der Waals surface area contributed by atoms with Gasteiger partial charge in [0.25, 0.3) is 0 Å². The van der Waals surface area contributed by atoms with E-state index in [2.05, 4.69) is 34.5 Å². The summed E-state index contributed by atoms with van der Waals surface area (Å²) < 4.78 is 5.49. The van der Waals surface area contributed by atoms with Crippen LogP contribution in [0.15, 0.2) is 24.3 Å². The molecular formula is C18H25ClN2O2. The molecule has 23 heavy (non-hydrogen) atoms. The van der Waals surface area contributed by atoms with Crippen molar-refractivity contribution in [1.29, 1.82) is 0 Å². The summed E-state index contributed by atoms with van der Waals surface area (Å²) in [5.41, 5.74) is 2.98. The second-order valence-electron chi connectivity index (χ2n) is 7.03. The Bertz CT molecular complexity index is 572. The number of nitrogens with zero attached hydrogens (tertiary/aromatic N) is 1. The van der Waals surface area contributed by atoms with Crippen molar-refractivity contribution >= 4 is 18.3 Å². The fourth-order valence-corrected chi connectivity index (χ4v) is 4.19. The van der Waals surface area contributed by atoms with Crippen molar-refractivity contribution < 1.29 is 9.53 Å². The number of nitrogens with one attached hydrogen (secondary N) is 1. The van der Waals surface area contributed by atoms with Crippen LogP contribution in [0.3, 0.4) is 0 Å². The predicted octanol–water partition coefficient (Wildman–Crippen LogP) is 2.15. The lowest BCUT2D eigenvalue weighted by atomic mass is 9.80. The van der Waals surface area contributed by atoms with Crippen LogP contribution in [-0.4, -0.2) is 43.2 Å². The first-order valence-corrected chi connectivity index (χ1v) is 8.43. The Morgan fingerprint density at radius 2 is 1.91 bits per heavy atom. The molecule has 4 rings (SSSR count). The number of carbonyl (C=O) groups excluding carboxylic acids is 1. The predicted molar refractivity (Wildman–Crippen MR) is 91.7 cm³/mol. The SMILES string of the molecule is Cl.O=C(C1Cc2ccccc2CN1)N1CCC2(CCOCC2)C1. The Balaban J connectivity index is 0.00000156. The zero-order valence-corrected chi connectivity index (χ0v) is 14.2. The zero-order valence-electron chi connectivity index (χ0n) is 13.4. The van der Waals surface area contributed by atoms with Crippen molar-refractivity contribution in [1.82, 2.24) is 10.2 Å². The number of likely N-dealkylation sites (tertiary alicyclic amines) is 1. The summed E-state index contributed by atoms with van der Waals surface area (Å²) in [5.74, 6) is 0.290. The molecule has 0 aliphatic carbocycles. The molecule has 1 aromatic rings. The monoisotopic (exact) mass is 336 g/mol. The third-order valence-corrected chi connectivity index (χ3v) is 5.68. The van der Waals surface area contributed by atoms with Gasteiger partial charge in [0.2, 0.25) is 5.91 Å². The molecule has 0 aromatic heterocycles. The lowest BCUT2D eigenvalue weighted by Gasteiger charge is -2.34. The van der Waals surface area contributed by atoms with Crippen LogP contribution < -0.4 is 5.32 Å². The highest BCUT2D eigenvalue weighted by atomic mass is 35.5. The van der Waals surface area contributed by atoms with E-state index in [9.17, 15) is 4.79 Å². The molecular weight excluding hydrogens is 312 g/mol. The highest BCUT2D eigenvalue weighted by molar-refractivity contribution is 5.85. The molecule has 0 bridgehead atoms. The number of rotatable bonds is 1. The second-order valence-corrected chi connectivity index (χ2v) is 7.03. The quantitative estimate of drug-likeness (QED) is 0.854. The molecule has 126 valence electrons. The van der Waals surface area contributed by atoms with Gasteiger partial charge in [-0.15, -0.1) is 12.4 Å². The van der Waals surface area contributed by atoms with Gasteiger partial charge in [0.15, 0.2) is 0 Å². The van der Waals surface area contributed by atoms with Crippen molar-refractivity contribution in [2.75, 3.05) is 26.3 Å². The van der Waals surface area contributed by atoms with E-state index in [-0.39, 0.29) is 24.4 Å². The minimum absolute atomic E-state index is 0. The van der Waals surface area contributed by atoms with Crippen LogP contribution in [0, 0.1) is 5.41 Å². The average Bonchev–Trinajstić information content (AvgIpc) is 2.98. The van der Waals surface area contributed by atoms with Gasteiger partial charge in [-0.05, 0) is 42.2 Å². The third-order valence-electron chi connectivity index (χ3n) is 5.68. The number of fused-ring (bicyclic) bond motifs is 1. The summed E-state index contributed by atoms with van der Waals surface area (Å²) in [5, 5.41) is 3.43. The molecule has 2 fully saturated rings. The summed E-state index contributed by atoms with van der Waals surface area (Å²) in [6.45, 7) is 4.36. The molecule has 1 unspecified atom stereocenters. The fourth-order valence-electron chi connectivity index (χ4n) is 4.19. The molecule has 0 radical (unpaired) electrons. The standard InChI is InChI=1S/C18H24N2O2.ClH/c21-17(16-11-14-3-1-2-4-15(14)12-19-16)20-8-5-18(13-20)6-9-22-10-7-18;/h1-4,16,19H,5-13H2;1H. The van der Waals surface area contributed by atoms with Gasteiger partial charge in [0.1, 0.15) is 0 Å². The number of halogens is 1. The van der Waals surface area contributed by atoms with E-state index in [1.54, 1.807) is 0 Å². The first-order chi connectivity index (χ1) is 10.8. The van der Waals surface area contributed by atoms with Gasteiger partial charge in [-0.2, -0.15) is 0 Å². The van der Waals surface area contributed by atoms with Crippen molar-refractivity contribution in [3.8, 4) is 0 Å². The van der Waals surface area contributed by atoms with Gasteiger partial charge in [-0.3, -0.25) is 4.79 Å². The number of hydrogen-bond acceptors (Lipinski definition) is 3. The second kappa shape index (κ2) is 6.80. The Morgan fingerprint density at radius 3 is 2.70 bits per heavy atom. The molecule has 1 aromatic carbocycles. The molecule has 3 heterocycles. The summed E-state index contributed by atoms with van der Waals surface area (Å²) >= 11 is 0. The van der Waals surface area contributed by atoms with Crippen LogP contribution in [0.4, 0.5) is 0 Å². The average molecular weight is 337 g/mol. The topological polar surface area (TPSA) is 41.6 Å². The van der Waals surface area contributed by atoms with Crippen LogP contribution in [0.2, 0.25) is 0 Å². The summed E-state index contributed by atoms with van der Waals surface area (Å²) in [4.78, 5) is 15.0. The van der Waals surface area contributed by atoms with Crippen LogP contribution in [0.25, 0.3) is 0 Å². The van der Waals surface area contributed by atoms with E-state index >= 15 is 0 Å². The Labute approximate surface area is 144 Å². The largest absolute Gasteiger partial charge is 0.381 e. The molecule has 1 atom stereocenters. The van der Waals surface area contributed by atoms with Gasteiger partial charge in [0.05, 0.1) is 6.04 Å². The smallest absolute Gasteiger partial charge is 0.240 e. The zero-order chi connectivity index (χ0) is 15.0. The van der Waals surface area contributed by atoms with Gasteiger partial charge in [0, 0.05) is 32.8 Å². The molecule has 4 nitrogen and oxygen atoms in total. The molecule has 2 saturated heterocycles. The maximum atomic E-state index is 12.9. The van der Waals surface area contributed by atoms with Crippen molar-refractivity contribution in [3.05, 3.63) is 35.4 Å². The van der Waals surface area contributed by atoms with Crippen LogP contribution >= 0.6 is 12.4 Å². The van der Waals surface area contributed by atoms with Crippen LogP contribution in [0.1, 0.15) is 30.4 Å². The van der Waals surface area contributed by atoms with Crippen molar-refractivity contribution in [2.24, 2.45) is 5.41 Å². The number of amides is 1. The van der Waals surface area contributed by atoms with Gasteiger partial charge < -0.3 is 15.0 Å². The molecule has 1 N–H and O–H groups in total. The van der Waals surface area contributed by atoms with Gasteiger partial charge in [-0.25, -0.2) is 0 Å². The number of ether oxygens (including phenoxy) is 1. The van der Waals surface area contributed by atoms with E-state index in [1.807, 2.05) is 0 Å². The number of hydrogen-bond donors (Lipinski definition) is 1. The molecule has 3 aliphatic heterocycles. The molecule has 0 saturated carbocycles. The van der Waals surface area contributed by atoms with E-state index in [0.29, 0.717) is 5.41 Å². The van der Waals surface area contributed by atoms with E-state index in [0.717, 1.165) is 58.5 Å². The Hall–Kier alpha value is -1.10. The normalized spacial score (nSPS) is 25.7. The molecule has 5 heteroatoms. The third kappa shape index (κ3) is 3.25. The first kappa shape index (κ1) is 16.7.